The molecule has 1 unspecified atom stereocenters. The van der Waals surface area contributed by atoms with Gasteiger partial charge in [-0.3, -0.25) is 0 Å². The lowest BCUT2D eigenvalue weighted by atomic mass is 10.1. The van der Waals surface area contributed by atoms with Crippen LogP contribution in [0.15, 0.2) is 24.3 Å². The van der Waals surface area contributed by atoms with Gasteiger partial charge >= 0.3 is 0 Å². The lowest BCUT2D eigenvalue weighted by Crippen LogP contribution is -2.29. The fraction of sp³-hybridized carbons (Fsp3) is 0.538. The van der Waals surface area contributed by atoms with Crippen molar-refractivity contribution in [3.8, 4) is 0 Å². The van der Waals surface area contributed by atoms with Crippen molar-refractivity contribution in [3.05, 3.63) is 35.4 Å². The molecular weight excluding hydrogens is 202 g/mol. The summed E-state index contributed by atoms with van der Waals surface area (Å²) in [6, 6.07) is 8.52. The molecule has 0 aromatic heterocycles. The third kappa shape index (κ3) is 4.75. The number of aryl methyl sites for hydroxylation is 1. The van der Waals surface area contributed by atoms with Crippen molar-refractivity contribution in [2.24, 2.45) is 0 Å². The van der Waals surface area contributed by atoms with E-state index in [9.17, 15) is 5.11 Å². The molecule has 3 nitrogen and oxygen atoms in total. The molecule has 1 atom stereocenters. The van der Waals surface area contributed by atoms with Gasteiger partial charge in [0.1, 0.15) is 0 Å². The normalized spacial score (nSPS) is 12.7. The van der Waals surface area contributed by atoms with E-state index in [0.717, 1.165) is 13.0 Å². The predicted molar refractivity (Wildman–Crippen MR) is 65.4 cm³/mol. The molecule has 0 aliphatic heterocycles. The molecule has 0 fully saturated rings. The van der Waals surface area contributed by atoms with Crippen molar-refractivity contribution in [1.82, 2.24) is 5.32 Å². The van der Waals surface area contributed by atoms with Crippen LogP contribution in [-0.2, 0) is 17.7 Å². The van der Waals surface area contributed by atoms with Crippen LogP contribution in [0.5, 0.6) is 0 Å². The zero-order valence-corrected chi connectivity index (χ0v) is 10.1. The molecule has 1 rings (SSSR count). The van der Waals surface area contributed by atoms with Crippen LogP contribution in [0, 0.1) is 0 Å². The Hall–Kier alpha value is -0.900. The third-order valence-electron chi connectivity index (χ3n) is 2.50. The SMILES string of the molecule is CCc1ccc(CNCC(O)COC)cc1. The molecule has 0 saturated heterocycles. The zero-order chi connectivity index (χ0) is 11.8. The van der Waals surface area contributed by atoms with Crippen molar-refractivity contribution >= 4 is 0 Å². The molecule has 0 aliphatic rings. The Labute approximate surface area is 97.4 Å². The van der Waals surface area contributed by atoms with Gasteiger partial charge < -0.3 is 15.2 Å². The molecule has 3 heteroatoms. The summed E-state index contributed by atoms with van der Waals surface area (Å²) in [7, 11) is 1.59. The summed E-state index contributed by atoms with van der Waals surface area (Å²) < 4.78 is 4.85. The standard InChI is InChI=1S/C13H21NO2/c1-3-11-4-6-12(7-5-11)8-14-9-13(15)10-16-2/h4-7,13-15H,3,8-10H2,1-2H3. The second-order valence-corrected chi connectivity index (χ2v) is 3.91. The van der Waals surface area contributed by atoms with Gasteiger partial charge in [-0.1, -0.05) is 31.2 Å². The molecule has 0 heterocycles. The van der Waals surface area contributed by atoms with Crippen molar-refractivity contribution in [1.29, 1.82) is 0 Å². The Kier molecular flexibility index (Phi) is 6.08. The highest BCUT2D eigenvalue weighted by molar-refractivity contribution is 5.22. The Morgan fingerprint density at radius 3 is 2.44 bits per heavy atom. The fourth-order valence-corrected chi connectivity index (χ4v) is 1.53. The Bertz CT molecular complexity index is 284. The van der Waals surface area contributed by atoms with E-state index in [1.54, 1.807) is 7.11 Å². The number of hydrogen-bond donors (Lipinski definition) is 2. The fourth-order valence-electron chi connectivity index (χ4n) is 1.53. The number of aliphatic hydroxyl groups excluding tert-OH is 1. The number of rotatable bonds is 7. The van der Waals surface area contributed by atoms with Crippen molar-refractivity contribution in [2.45, 2.75) is 26.0 Å². The van der Waals surface area contributed by atoms with Gasteiger partial charge in [0, 0.05) is 20.2 Å². The minimum absolute atomic E-state index is 0.377. The van der Waals surface area contributed by atoms with Crippen LogP contribution >= 0.6 is 0 Å². The smallest absolute Gasteiger partial charge is 0.0897 e. The van der Waals surface area contributed by atoms with E-state index >= 15 is 0 Å². The Balaban J connectivity index is 2.26. The highest BCUT2D eigenvalue weighted by Crippen LogP contribution is 2.04. The number of ether oxygens (including phenoxy) is 1. The molecular formula is C13H21NO2. The highest BCUT2D eigenvalue weighted by atomic mass is 16.5. The van der Waals surface area contributed by atoms with Crippen LogP contribution in [0.3, 0.4) is 0 Å². The first-order valence-electron chi connectivity index (χ1n) is 5.71. The molecule has 0 bridgehead atoms. The summed E-state index contributed by atoms with van der Waals surface area (Å²) in [5.74, 6) is 0. The predicted octanol–water partition coefficient (Wildman–Crippen LogP) is 1.35. The van der Waals surface area contributed by atoms with E-state index in [-0.39, 0.29) is 0 Å². The first-order valence-corrected chi connectivity index (χ1v) is 5.71. The van der Waals surface area contributed by atoms with E-state index < -0.39 is 6.10 Å². The Morgan fingerprint density at radius 2 is 1.88 bits per heavy atom. The summed E-state index contributed by atoms with van der Waals surface area (Å²) >= 11 is 0. The first kappa shape index (κ1) is 13.2. The number of hydrogen-bond acceptors (Lipinski definition) is 3. The topological polar surface area (TPSA) is 41.5 Å². The van der Waals surface area contributed by atoms with Crippen molar-refractivity contribution in [2.75, 3.05) is 20.3 Å². The van der Waals surface area contributed by atoms with Gasteiger partial charge in [0.15, 0.2) is 0 Å². The van der Waals surface area contributed by atoms with E-state index in [0.29, 0.717) is 13.2 Å². The minimum Gasteiger partial charge on any atom is -0.389 e. The quantitative estimate of drug-likeness (QED) is 0.733. The van der Waals surface area contributed by atoms with E-state index in [1.165, 1.54) is 11.1 Å². The van der Waals surface area contributed by atoms with Crippen LogP contribution in [0.2, 0.25) is 0 Å². The first-order chi connectivity index (χ1) is 7.76. The minimum atomic E-state index is -0.431. The van der Waals surface area contributed by atoms with Gasteiger partial charge in [0.25, 0.3) is 0 Å². The molecule has 0 saturated carbocycles. The second kappa shape index (κ2) is 7.39. The maximum Gasteiger partial charge on any atom is 0.0897 e. The van der Waals surface area contributed by atoms with Gasteiger partial charge in [-0.15, -0.1) is 0 Å². The Morgan fingerprint density at radius 1 is 1.25 bits per heavy atom. The number of methoxy groups -OCH3 is 1. The van der Waals surface area contributed by atoms with Gasteiger partial charge in [-0.2, -0.15) is 0 Å². The summed E-state index contributed by atoms with van der Waals surface area (Å²) in [5.41, 5.74) is 2.59. The van der Waals surface area contributed by atoms with Crippen LogP contribution in [-0.4, -0.2) is 31.5 Å². The molecule has 1 aromatic rings. The van der Waals surface area contributed by atoms with Gasteiger partial charge in [-0.25, -0.2) is 0 Å². The van der Waals surface area contributed by atoms with Crippen LogP contribution < -0.4 is 5.32 Å². The summed E-state index contributed by atoms with van der Waals surface area (Å²) in [5, 5.41) is 12.6. The molecule has 16 heavy (non-hydrogen) atoms. The van der Waals surface area contributed by atoms with Crippen LogP contribution in [0.4, 0.5) is 0 Å². The molecule has 1 aromatic carbocycles. The van der Waals surface area contributed by atoms with Gasteiger partial charge in [-0.05, 0) is 17.5 Å². The van der Waals surface area contributed by atoms with E-state index in [2.05, 4.69) is 36.5 Å². The number of benzene rings is 1. The molecule has 2 N–H and O–H groups in total. The third-order valence-corrected chi connectivity index (χ3v) is 2.50. The summed E-state index contributed by atoms with van der Waals surface area (Å²) in [4.78, 5) is 0. The summed E-state index contributed by atoms with van der Waals surface area (Å²) in [6.45, 7) is 3.87. The second-order valence-electron chi connectivity index (χ2n) is 3.91. The van der Waals surface area contributed by atoms with Gasteiger partial charge in [0.2, 0.25) is 0 Å². The van der Waals surface area contributed by atoms with Gasteiger partial charge in [0.05, 0.1) is 12.7 Å². The maximum atomic E-state index is 9.42. The highest BCUT2D eigenvalue weighted by Gasteiger charge is 2.01. The summed E-state index contributed by atoms with van der Waals surface area (Å²) in [6.07, 6.45) is 0.639. The van der Waals surface area contributed by atoms with Crippen LogP contribution in [0.1, 0.15) is 18.1 Å². The molecule has 0 amide bonds. The maximum absolute atomic E-state index is 9.42. The molecule has 0 spiro atoms. The zero-order valence-electron chi connectivity index (χ0n) is 10.1. The lowest BCUT2D eigenvalue weighted by Gasteiger charge is -2.10. The molecule has 90 valence electrons. The monoisotopic (exact) mass is 223 g/mol. The number of nitrogens with one attached hydrogen (secondary N) is 1. The van der Waals surface area contributed by atoms with Crippen molar-refractivity contribution in [3.63, 3.8) is 0 Å². The molecule has 0 radical (unpaired) electrons. The van der Waals surface area contributed by atoms with E-state index in [4.69, 9.17) is 4.74 Å². The average Bonchev–Trinajstić information content (AvgIpc) is 2.30. The lowest BCUT2D eigenvalue weighted by molar-refractivity contribution is 0.0644. The molecule has 0 aliphatic carbocycles. The largest absolute Gasteiger partial charge is 0.389 e. The van der Waals surface area contributed by atoms with Crippen LogP contribution in [0.25, 0.3) is 0 Å². The average molecular weight is 223 g/mol. The number of aliphatic hydroxyl groups is 1. The van der Waals surface area contributed by atoms with Crippen molar-refractivity contribution < 1.29 is 9.84 Å². The van der Waals surface area contributed by atoms with E-state index in [1.807, 2.05) is 0 Å².